The molecule has 0 fully saturated rings. The van der Waals surface area contributed by atoms with Crippen molar-refractivity contribution in [1.29, 1.82) is 0 Å². The molecule has 0 radical (unpaired) electrons. The number of halogens is 2. The SMILES string of the molecule is Cc1ccc(-c2csc(NS(=O)(=O)c3ccc(F)c(F)c3)n2)cc1C. The summed E-state index contributed by atoms with van der Waals surface area (Å²) in [5, 5.41) is 1.88. The highest BCUT2D eigenvalue weighted by Gasteiger charge is 2.18. The van der Waals surface area contributed by atoms with Crippen molar-refractivity contribution < 1.29 is 17.2 Å². The van der Waals surface area contributed by atoms with Gasteiger partial charge >= 0.3 is 0 Å². The quantitative estimate of drug-likeness (QED) is 0.725. The lowest BCUT2D eigenvalue weighted by Gasteiger charge is -2.05. The lowest BCUT2D eigenvalue weighted by atomic mass is 10.1. The number of benzene rings is 2. The third-order valence-corrected chi connectivity index (χ3v) is 5.95. The summed E-state index contributed by atoms with van der Waals surface area (Å²) in [4.78, 5) is 3.90. The molecule has 1 heterocycles. The van der Waals surface area contributed by atoms with Crippen molar-refractivity contribution in [3.63, 3.8) is 0 Å². The molecule has 0 amide bonds. The summed E-state index contributed by atoms with van der Waals surface area (Å²) >= 11 is 1.11. The van der Waals surface area contributed by atoms with E-state index in [0.717, 1.165) is 40.2 Å². The summed E-state index contributed by atoms with van der Waals surface area (Å²) in [5.41, 5.74) is 3.77. The number of hydrogen-bond acceptors (Lipinski definition) is 4. The first-order valence-electron chi connectivity index (χ1n) is 7.27. The Morgan fingerprint density at radius 1 is 1.00 bits per heavy atom. The van der Waals surface area contributed by atoms with Crippen LogP contribution in [0.1, 0.15) is 11.1 Å². The van der Waals surface area contributed by atoms with E-state index < -0.39 is 21.7 Å². The van der Waals surface area contributed by atoms with Crippen LogP contribution < -0.4 is 4.72 Å². The Morgan fingerprint density at radius 2 is 1.76 bits per heavy atom. The molecule has 0 unspecified atom stereocenters. The minimum absolute atomic E-state index is 0.151. The number of aromatic nitrogens is 1. The summed E-state index contributed by atoms with van der Waals surface area (Å²) in [6, 6.07) is 8.25. The van der Waals surface area contributed by atoms with Gasteiger partial charge in [-0.3, -0.25) is 4.72 Å². The van der Waals surface area contributed by atoms with E-state index in [-0.39, 0.29) is 10.0 Å². The topological polar surface area (TPSA) is 59.1 Å². The van der Waals surface area contributed by atoms with Gasteiger partial charge in [-0.15, -0.1) is 11.3 Å². The van der Waals surface area contributed by atoms with Crippen molar-refractivity contribution in [1.82, 2.24) is 4.98 Å². The molecule has 3 aromatic rings. The van der Waals surface area contributed by atoms with Gasteiger partial charge in [0, 0.05) is 10.9 Å². The number of anilines is 1. The maximum Gasteiger partial charge on any atom is 0.263 e. The molecule has 0 aliphatic heterocycles. The molecule has 0 aliphatic rings. The fourth-order valence-electron chi connectivity index (χ4n) is 2.17. The maximum atomic E-state index is 13.3. The third kappa shape index (κ3) is 3.69. The predicted octanol–water partition coefficient (Wildman–Crippen LogP) is 4.51. The van der Waals surface area contributed by atoms with Gasteiger partial charge in [0.05, 0.1) is 10.6 Å². The molecule has 0 bridgehead atoms. The van der Waals surface area contributed by atoms with Crippen LogP contribution in [0, 0.1) is 25.5 Å². The minimum atomic E-state index is -4.05. The molecular formula is C17H14F2N2O2S2. The molecule has 0 atom stereocenters. The molecule has 8 heteroatoms. The largest absolute Gasteiger partial charge is 0.263 e. The van der Waals surface area contributed by atoms with E-state index in [2.05, 4.69) is 9.71 Å². The fraction of sp³-hybridized carbons (Fsp3) is 0.118. The molecule has 0 saturated carbocycles. The van der Waals surface area contributed by atoms with E-state index in [1.807, 2.05) is 32.0 Å². The van der Waals surface area contributed by atoms with Crippen LogP contribution in [0.25, 0.3) is 11.3 Å². The predicted molar refractivity (Wildman–Crippen MR) is 94.2 cm³/mol. The highest BCUT2D eigenvalue weighted by molar-refractivity contribution is 7.93. The standard InChI is InChI=1S/C17H14F2N2O2S2/c1-10-3-4-12(7-11(10)2)16-9-24-17(20-16)21-25(22,23)13-5-6-14(18)15(19)8-13/h3-9H,1-2H3,(H,20,21). The fourth-order valence-corrected chi connectivity index (χ4v) is 4.16. The minimum Gasteiger partial charge on any atom is -0.255 e. The lowest BCUT2D eigenvalue weighted by molar-refractivity contribution is 0.504. The second-order valence-corrected chi connectivity index (χ2v) is 8.06. The number of thiazole rings is 1. The number of rotatable bonds is 4. The molecule has 4 nitrogen and oxygen atoms in total. The molecule has 0 spiro atoms. The normalized spacial score (nSPS) is 11.5. The number of hydrogen-bond donors (Lipinski definition) is 1. The van der Waals surface area contributed by atoms with Crippen LogP contribution in [0.5, 0.6) is 0 Å². The number of sulfonamides is 1. The Kier molecular flexibility index (Phi) is 4.57. The van der Waals surface area contributed by atoms with Crippen molar-refractivity contribution in [3.8, 4) is 11.3 Å². The number of aryl methyl sites for hydroxylation is 2. The van der Waals surface area contributed by atoms with Gasteiger partial charge in [-0.2, -0.15) is 0 Å². The molecule has 2 aromatic carbocycles. The molecule has 1 N–H and O–H groups in total. The summed E-state index contributed by atoms with van der Waals surface area (Å²) in [5.74, 6) is -2.33. The van der Waals surface area contributed by atoms with Crippen molar-refractivity contribution in [3.05, 3.63) is 64.5 Å². The zero-order chi connectivity index (χ0) is 18.2. The maximum absolute atomic E-state index is 13.3. The van der Waals surface area contributed by atoms with E-state index in [4.69, 9.17) is 0 Å². The smallest absolute Gasteiger partial charge is 0.255 e. The first kappa shape index (κ1) is 17.5. The summed E-state index contributed by atoms with van der Waals surface area (Å²) in [6.07, 6.45) is 0. The third-order valence-electron chi connectivity index (χ3n) is 3.73. The van der Waals surface area contributed by atoms with Gasteiger partial charge in [0.2, 0.25) is 0 Å². The lowest BCUT2D eigenvalue weighted by Crippen LogP contribution is -2.13. The second kappa shape index (κ2) is 6.53. The first-order valence-corrected chi connectivity index (χ1v) is 9.63. The van der Waals surface area contributed by atoms with Crippen molar-refractivity contribution in [2.45, 2.75) is 18.7 Å². The Bertz CT molecular complexity index is 1050. The second-order valence-electron chi connectivity index (χ2n) is 5.52. The Labute approximate surface area is 148 Å². The molecule has 1 aromatic heterocycles. The number of nitrogens with zero attached hydrogens (tertiary/aromatic N) is 1. The highest BCUT2D eigenvalue weighted by Crippen LogP contribution is 2.28. The zero-order valence-corrected chi connectivity index (χ0v) is 15.0. The zero-order valence-electron chi connectivity index (χ0n) is 13.4. The molecule has 3 rings (SSSR count). The van der Waals surface area contributed by atoms with Crippen LogP contribution in [0.15, 0.2) is 46.7 Å². The molecular weight excluding hydrogens is 366 g/mol. The van der Waals surface area contributed by atoms with E-state index in [9.17, 15) is 17.2 Å². The van der Waals surface area contributed by atoms with Gasteiger partial charge in [-0.1, -0.05) is 12.1 Å². The van der Waals surface area contributed by atoms with Crippen LogP contribution >= 0.6 is 11.3 Å². The van der Waals surface area contributed by atoms with E-state index in [1.165, 1.54) is 0 Å². The van der Waals surface area contributed by atoms with Crippen LogP contribution in [-0.2, 0) is 10.0 Å². The van der Waals surface area contributed by atoms with Crippen molar-refractivity contribution in [2.75, 3.05) is 4.72 Å². The van der Waals surface area contributed by atoms with E-state index >= 15 is 0 Å². The monoisotopic (exact) mass is 380 g/mol. The Morgan fingerprint density at radius 3 is 2.44 bits per heavy atom. The van der Waals surface area contributed by atoms with Crippen molar-refractivity contribution >= 4 is 26.5 Å². The first-order chi connectivity index (χ1) is 11.8. The van der Waals surface area contributed by atoms with Gasteiger partial charge in [0.15, 0.2) is 16.8 Å². The summed E-state index contributed by atoms with van der Waals surface area (Å²) in [7, 11) is -4.05. The number of nitrogens with one attached hydrogen (secondary N) is 1. The van der Waals surface area contributed by atoms with Gasteiger partial charge in [0.25, 0.3) is 10.0 Å². The highest BCUT2D eigenvalue weighted by atomic mass is 32.2. The summed E-state index contributed by atoms with van der Waals surface area (Å²) < 4.78 is 53.1. The molecule has 0 aliphatic carbocycles. The van der Waals surface area contributed by atoms with Gasteiger partial charge in [0.1, 0.15) is 0 Å². The molecule has 130 valence electrons. The Hall–Kier alpha value is -2.32. The van der Waals surface area contributed by atoms with E-state index in [1.54, 1.807) is 5.38 Å². The van der Waals surface area contributed by atoms with Gasteiger partial charge in [-0.05, 0) is 49.2 Å². The molecule has 0 saturated heterocycles. The summed E-state index contributed by atoms with van der Waals surface area (Å²) in [6.45, 7) is 3.99. The van der Waals surface area contributed by atoms with Gasteiger partial charge < -0.3 is 0 Å². The van der Waals surface area contributed by atoms with Crippen LogP contribution in [0.3, 0.4) is 0 Å². The van der Waals surface area contributed by atoms with Crippen molar-refractivity contribution in [2.24, 2.45) is 0 Å². The van der Waals surface area contributed by atoms with Crippen LogP contribution in [0.4, 0.5) is 13.9 Å². The van der Waals surface area contributed by atoms with E-state index in [0.29, 0.717) is 11.8 Å². The van der Waals surface area contributed by atoms with Crippen LogP contribution in [0.2, 0.25) is 0 Å². The Balaban J connectivity index is 1.87. The van der Waals surface area contributed by atoms with Gasteiger partial charge in [-0.25, -0.2) is 22.2 Å². The average Bonchev–Trinajstić information content (AvgIpc) is 3.00. The molecule has 25 heavy (non-hydrogen) atoms. The van der Waals surface area contributed by atoms with Crippen LogP contribution in [-0.4, -0.2) is 13.4 Å². The average molecular weight is 380 g/mol.